The van der Waals surface area contributed by atoms with E-state index in [2.05, 4.69) is 5.10 Å². The molecule has 1 N–H and O–H groups in total. The van der Waals surface area contributed by atoms with Crippen LogP contribution in [0.4, 0.5) is 0 Å². The first-order valence-electron chi connectivity index (χ1n) is 4.35. The molecule has 0 fully saturated rings. The molecule has 68 valence electrons. The third-order valence-corrected chi connectivity index (χ3v) is 2.16. The van der Waals surface area contributed by atoms with Crippen LogP contribution in [0.1, 0.15) is 25.3 Å². The number of aromatic hydroxyl groups is 1. The van der Waals surface area contributed by atoms with Crippen LogP contribution in [0, 0.1) is 0 Å². The van der Waals surface area contributed by atoms with E-state index in [1.54, 1.807) is 16.8 Å². The lowest BCUT2D eigenvalue weighted by Gasteiger charge is -2.08. The van der Waals surface area contributed by atoms with Crippen molar-refractivity contribution in [1.29, 1.82) is 0 Å². The van der Waals surface area contributed by atoms with Crippen molar-refractivity contribution >= 4 is 5.52 Å². The van der Waals surface area contributed by atoms with E-state index >= 15 is 0 Å². The highest BCUT2D eigenvalue weighted by molar-refractivity contribution is 5.52. The maximum Gasteiger partial charge on any atom is 0.122 e. The molecule has 0 atom stereocenters. The molecule has 2 aromatic rings. The molecule has 0 radical (unpaired) electrons. The molecule has 0 aromatic carbocycles. The van der Waals surface area contributed by atoms with Crippen LogP contribution in [0.3, 0.4) is 0 Å². The Morgan fingerprint density at radius 2 is 2.23 bits per heavy atom. The smallest absolute Gasteiger partial charge is 0.122 e. The molecule has 0 saturated carbocycles. The quantitative estimate of drug-likeness (QED) is 0.723. The van der Waals surface area contributed by atoms with Gasteiger partial charge in [0.1, 0.15) is 5.75 Å². The van der Waals surface area contributed by atoms with E-state index in [0.717, 1.165) is 11.1 Å². The molecule has 0 aliphatic rings. The lowest BCUT2D eigenvalue weighted by molar-refractivity contribution is 0.464. The molecule has 0 saturated heterocycles. The Bertz CT molecular complexity index is 431. The summed E-state index contributed by atoms with van der Waals surface area (Å²) in [6.07, 6.45) is 3.59. The van der Waals surface area contributed by atoms with Crippen LogP contribution in [0.5, 0.6) is 5.75 Å². The van der Waals surface area contributed by atoms with Crippen molar-refractivity contribution in [2.24, 2.45) is 0 Å². The fraction of sp³-hybridized carbons (Fsp3) is 0.300. The van der Waals surface area contributed by atoms with Crippen molar-refractivity contribution in [3.63, 3.8) is 0 Å². The molecule has 3 nitrogen and oxygen atoms in total. The number of hydrogen-bond acceptors (Lipinski definition) is 2. The van der Waals surface area contributed by atoms with E-state index in [9.17, 15) is 5.11 Å². The molecular formula is C10H12N2O. The monoisotopic (exact) mass is 176 g/mol. The average Bonchev–Trinajstić information content (AvgIpc) is 2.48. The Balaban J connectivity index is 2.69. The second-order valence-electron chi connectivity index (χ2n) is 3.47. The molecule has 0 bridgehead atoms. The summed E-state index contributed by atoms with van der Waals surface area (Å²) in [6.45, 7) is 4.09. The van der Waals surface area contributed by atoms with Gasteiger partial charge in [0.25, 0.3) is 0 Å². The largest absolute Gasteiger partial charge is 0.508 e. The molecule has 13 heavy (non-hydrogen) atoms. The normalized spacial score (nSPS) is 11.3. The number of aromatic nitrogens is 2. The minimum Gasteiger partial charge on any atom is -0.508 e. The summed E-state index contributed by atoms with van der Waals surface area (Å²) in [5.74, 6) is 0.664. The van der Waals surface area contributed by atoms with E-state index < -0.39 is 0 Å². The van der Waals surface area contributed by atoms with Gasteiger partial charge in [-0.1, -0.05) is 13.8 Å². The van der Waals surface area contributed by atoms with Crippen molar-refractivity contribution in [3.8, 4) is 5.75 Å². The second-order valence-corrected chi connectivity index (χ2v) is 3.47. The molecule has 2 aromatic heterocycles. The highest BCUT2D eigenvalue weighted by Gasteiger charge is 2.07. The number of fused-ring (bicyclic) bond motifs is 1. The van der Waals surface area contributed by atoms with Crippen molar-refractivity contribution in [2.45, 2.75) is 19.8 Å². The molecule has 2 rings (SSSR count). The Morgan fingerprint density at radius 1 is 1.46 bits per heavy atom. The predicted octanol–water partition coefficient (Wildman–Crippen LogP) is 2.16. The van der Waals surface area contributed by atoms with Crippen LogP contribution in [-0.2, 0) is 0 Å². The number of rotatable bonds is 1. The van der Waals surface area contributed by atoms with Crippen molar-refractivity contribution in [2.75, 3.05) is 0 Å². The molecular weight excluding hydrogens is 164 g/mol. The van der Waals surface area contributed by atoms with E-state index in [1.165, 1.54) is 0 Å². The summed E-state index contributed by atoms with van der Waals surface area (Å²) in [7, 11) is 0. The molecule has 0 spiro atoms. The zero-order valence-electron chi connectivity index (χ0n) is 7.73. The zero-order chi connectivity index (χ0) is 9.42. The standard InChI is InChI=1S/C10H12N2O/c1-7(2)9-6-12-8(3-4-11-12)5-10(9)13/h3-7,13H,1-2H3. The third-order valence-electron chi connectivity index (χ3n) is 2.16. The van der Waals surface area contributed by atoms with Crippen LogP contribution in [0.25, 0.3) is 5.52 Å². The van der Waals surface area contributed by atoms with E-state index in [-0.39, 0.29) is 0 Å². The maximum atomic E-state index is 9.66. The van der Waals surface area contributed by atoms with Crippen molar-refractivity contribution < 1.29 is 5.11 Å². The van der Waals surface area contributed by atoms with Gasteiger partial charge in [0, 0.05) is 24.0 Å². The number of hydrogen-bond donors (Lipinski definition) is 1. The van der Waals surface area contributed by atoms with Gasteiger partial charge in [-0.25, -0.2) is 4.52 Å². The van der Waals surface area contributed by atoms with E-state index in [0.29, 0.717) is 11.7 Å². The predicted molar refractivity (Wildman–Crippen MR) is 50.9 cm³/mol. The van der Waals surface area contributed by atoms with Gasteiger partial charge >= 0.3 is 0 Å². The minimum atomic E-state index is 0.314. The Hall–Kier alpha value is -1.51. The maximum absolute atomic E-state index is 9.66. The Morgan fingerprint density at radius 3 is 2.92 bits per heavy atom. The summed E-state index contributed by atoms with van der Waals surface area (Å²) in [5.41, 5.74) is 1.85. The van der Waals surface area contributed by atoms with Crippen LogP contribution >= 0.6 is 0 Å². The fourth-order valence-corrected chi connectivity index (χ4v) is 1.41. The van der Waals surface area contributed by atoms with Gasteiger partial charge in [-0.05, 0) is 12.0 Å². The van der Waals surface area contributed by atoms with Gasteiger partial charge in [0.15, 0.2) is 0 Å². The Labute approximate surface area is 76.6 Å². The SMILES string of the molecule is CC(C)c1cn2nccc2cc1O. The minimum absolute atomic E-state index is 0.314. The van der Waals surface area contributed by atoms with Crippen LogP contribution in [-0.4, -0.2) is 14.7 Å². The summed E-state index contributed by atoms with van der Waals surface area (Å²) in [4.78, 5) is 0. The lowest BCUT2D eigenvalue weighted by Crippen LogP contribution is -1.94. The zero-order valence-corrected chi connectivity index (χ0v) is 7.73. The van der Waals surface area contributed by atoms with Gasteiger partial charge in [0.05, 0.1) is 5.52 Å². The van der Waals surface area contributed by atoms with E-state index in [1.807, 2.05) is 26.1 Å². The first-order chi connectivity index (χ1) is 6.18. The lowest BCUT2D eigenvalue weighted by atomic mass is 10.0. The first-order valence-corrected chi connectivity index (χ1v) is 4.35. The second kappa shape index (κ2) is 2.76. The molecule has 0 amide bonds. The van der Waals surface area contributed by atoms with Crippen LogP contribution in [0.15, 0.2) is 24.5 Å². The summed E-state index contributed by atoms with van der Waals surface area (Å²) < 4.78 is 1.77. The van der Waals surface area contributed by atoms with Crippen molar-refractivity contribution in [1.82, 2.24) is 9.61 Å². The molecule has 3 heteroatoms. The Kier molecular flexibility index (Phi) is 1.72. The topological polar surface area (TPSA) is 37.5 Å². The van der Waals surface area contributed by atoms with Gasteiger partial charge in [0.2, 0.25) is 0 Å². The van der Waals surface area contributed by atoms with Gasteiger partial charge in [-0.2, -0.15) is 5.10 Å². The number of pyridine rings is 1. The van der Waals surface area contributed by atoms with Gasteiger partial charge in [-0.3, -0.25) is 0 Å². The molecule has 0 unspecified atom stereocenters. The molecule has 2 heterocycles. The van der Waals surface area contributed by atoms with Crippen LogP contribution in [0.2, 0.25) is 0 Å². The molecule has 0 aliphatic carbocycles. The summed E-state index contributed by atoms with van der Waals surface area (Å²) >= 11 is 0. The fourth-order valence-electron chi connectivity index (χ4n) is 1.41. The van der Waals surface area contributed by atoms with Crippen molar-refractivity contribution in [3.05, 3.63) is 30.1 Å². The van der Waals surface area contributed by atoms with Gasteiger partial charge in [-0.15, -0.1) is 0 Å². The average molecular weight is 176 g/mol. The first kappa shape index (κ1) is 8.10. The summed E-state index contributed by atoms with van der Waals surface area (Å²) in [5, 5.41) is 13.8. The highest BCUT2D eigenvalue weighted by atomic mass is 16.3. The molecule has 0 aliphatic heterocycles. The van der Waals surface area contributed by atoms with Crippen LogP contribution < -0.4 is 0 Å². The van der Waals surface area contributed by atoms with E-state index in [4.69, 9.17) is 0 Å². The summed E-state index contributed by atoms with van der Waals surface area (Å²) in [6, 6.07) is 3.60. The van der Waals surface area contributed by atoms with Gasteiger partial charge < -0.3 is 5.11 Å². The third kappa shape index (κ3) is 1.26. The highest BCUT2D eigenvalue weighted by Crippen LogP contribution is 2.25. The number of nitrogens with zero attached hydrogens (tertiary/aromatic N) is 2.